The van der Waals surface area contributed by atoms with Crippen LogP contribution in [0, 0.1) is 5.92 Å². The van der Waals surface area contributed by atoms with Gasteiger partial charge in [-0.2, -0.15) is 0 Å². The predicted molar refractivity (Wildman–Crippen MR) is 43.6 cm³/mol. The molecule has 2 rings (SSSR count). The summed E-state index contributed by atoms with van der Waals surface area (Å²) in [5.74, 6) is -0.0999. The number of aliphatic hydroxyl groups is 1. The van der Waals surface area contributed by atoms with Gasteiger partial charge >= 0.3 is 0 Å². The quantitative estimate of drug-likeness (QED) is 0.590. The van der Waals surface area contributed by atoms with Gasteiger partial charge in [-0.1, -0.05) is 6.92 Å². The summed E-state index contributed by atoms with van der Waals surface area (Å²) in [5.41, 5.74) is 0. The number of aliphatic hydroxyl groups excluding tert-OH is 1. The molecule has 70 valence electrons. The van der Waals surface area contributed by atoms with Crippen molar-refractivity contribution >= 4 is 0 Å². The van der Waals surface area contributed by atoms with Crippen LogP contribution in [-0.2, 0) is 9.47 Å². The maximum Gasteiger partial charge on any atom is 0.163 e. The lowest BCUT2D eigenvalue weighted by molar-refractivity contribution is -0.165. The van der Waals surface area contributed by atoms with E-state index in [9.17, 15) is 5.11 Å². The third-order valence-electron chi connectivity index (χ3n) is 2.72. The normalized spacial score (nSPS) is 51.0. The van der Waals surface area contributed by atoms with E-state index in [0.717, 1.165) is 6.42 Å². The minimum absolute atomic E-state index is 0.0926. The van der Waals surface area contributed by atoms with Crippen LogP contribution >= 0.6 is 0 Å². The summed E-state index contributed by atoms with van der Waals surface area (Å²) in [6, 6.07) is 0. The van der Waals surface area contributed by atoms with Crippen molar-refractivity contribution in [1.82, 2.24) is 0 Å². The molecule has 0 aromatic carbocycles. The highest BCUT2D eigenvalue weighted by Crippen LogP contribution is 2.41. The topological polar surface area (TPSA) is 38.7 Å². The predicted octanol–water partition coefficient (Wildman–Crippen LogP) is 0.907. The second-order valence-electron chi connectivity index (χ2n) is 4.35. The molecule has 0 radical (unpaired) electrons. The van der Waals surface area contributed by atoms with Gasteiger partial charge in [0.2, 0.25) is 0 Å². The Kier molecular flexibility index (Phi) is 1.72. The van der Waals surface area contributed by atoms with Gasteiger partial charge in [0.15, 0.2) is 5.79 Å². The van der Waals surface area contributed by atoms with Crippen molar-refractivity contribution in [3.63, 3.8) is 0 Å². The lowest BCUT2D eigenvalue weighted by Crippen LogP contribution is -2.28. The van der Waals surface area contributed by atoms with Crippen LogP contribution in [-0.4, -0.2) is 29.2 Å². The van der Waals surface area contributed by atoms with Crippen LogP contribution in [0.25, 0.3) is 0 Å². The Labute approximate surface area is 72.7 Å². The van der Waals surface area contributed by atoms with Gasteiger partial charge in [-0.05, 0) is 26.2 Å². The molecule has 0 spiro atoms. The number of fused-ring (bicyclic) bond motifs is 1. The molecule has 0 aromatic heterocycles. The van der Waals surface area contributed by atoms with E-state index >= 15 is 0 Å². The molecule has 1 N–H and O–H groups in total. The molecule has 0 amide bonds. The highest BCUT2D eigenvalue weighted by molar-refractivity contribution is 4.96. The molecule has 1 unspecified atom stereocenters. The molecule has 3 nitrogen and oxygen atoms in total. The molecule has 0 bridgehead atoms. The van der Waals surface area contributed by atoms with E-state index in [1.807, 2.05) is 13.8 Å². The Morgan fingerprint density at radius 1 is 1.25 bits per heavy atom. The van der Waals surface area contributed by atoms with Crippen LogP contribution in [0.4, 0.5) is 0 Å². The fourth-order valence-electron chi connectivity index (χ4n) is 2.20. The van der Waals surface area contributed by atoms with Crippen LogP contribution in [0.5, 0.6) is 0 Å². The summed E-state index contributed by atoms with van der Waals surface area (Å²) < 4.78 is 11.3. The first kappa shape index (κ1) is 8.48. The molecule has 1 heterocycles. The number of hydrogen-bond acceptors (Lipinski definition) is 3. The number of rotatable bonds is 0. The monoisotopic (exact) mass is 172 g/mol. The molecule has 2 fully saturated rings. The summed E-state index contributed by atoms with van der Waals surface area (Å²) in [6.07, 6.45) is 0.447. The molecule has 0 aromatic rings. The summed E-state index contributed by atoms with van der Waals surface area (Å²) in [5, 5.41) is 9.60. The molecular weight excluding hydrogens is 156 g/mol. The Morgan fingerprint density at radius 2 is 1.83 bits per heavy atom. The van der Waals surface area contributed by atoms with Crippen molar-refractivity contribution in [2.75, 3.05) is 0 Å². The van der Waals surface area contributed by atoms with Crippen molar-refractivity contribution in [2.24, 2.45) is 5.92 Å². The van der Waals surface area contributed by atoms with Gasteiger partial charge in [-0.15, -0.1) is 0 Å². The van der Waals surface area contributed by atoms with E-state index in [1.165, 1.54) is 0 Å². The lowest BCUT2D eigenvalue weighted by Gasteiger charge is -2.20. The average molecular weight is 172 g/mol. The van der Waals surface area contributed by atoms with Crippen LogP contribution in [0.2, 0.25) is 0 Å². The van der Waals surface area contributed by atoms with Gasteiger partial charge in [0.1, 0.15) is 6.10 Å². The van der Waals surface area contributed by atoms with Crippen LogP contribution in [0.3, 0.4) is 0 Å². The number of hydrogen-bond donors (Lipinski definition) is 1. The summed E-state index contributed by atoms with van der Waals surface area (Å²) >= 11 is 0. The van der Waals surface area contributed by atoms with Crippen LogP contribution < -0.4 is 0 Å². The minimum Gasteiger partial charge on any atom is -0.390 e. The molecule has 12 heavy (non-hydrogen) atoms. The second-order valence-corrected chi connectivity index (χ2v) is 4.35. The highest BCUT2D eigenvalue weighted by atomic mass is 16.8. The smallest absolute Gasteiger partial charge is 0.163 e. The third kappa shape index (κ3) is 1.16. The van der Waals surface area contributed by atoms with Crippen LogP contribution in [0.15, 0.2) is 0 Å². The molecule has 1 aliphatic carbocycles. The first-order valence-corrected chi connectivity index (χ1v) is 4.53. The third-order valence-corrected chi connectivity index (χ3v) is 2.72. The molecule has 4 atom stereocenters. The van der Waals surface area contributed by atoms with Crippen LogP contribution in [0.1, 0.15) is 27.2 Å². The van der Waals surface area contributed by atoms with Crippen molar-refractivity contribution in [3.8, 4) is 0 Å². The zero-order chi connectivity index (χ0) is 8.93. The molecule has 1 aliphatic heterocycles. The Bertz CT molecular complexity index is 172. The van der Waals surface area contributed by atoms with Gasteiger partial charge < -0.3 is 14.6 Å². The molecule has 3 heteroatoms. The Balaban J connectivity index is 2.15. The number of ether oxygens (including phenoxy) is 2. The fourth-order valence-corrected chi connectivity index (χ4v) is 2.20. The van der Waals surface area contributed by atoms with Gasteiger partial charge in [-0.3, -0.25) is 0 Å². The fraction of sp³-hybridized carbons (Fsp3) is 1.00. The van der Waals surface area contributed by atoms with Gasteiger partial charge in [-0.25, -0.2) is 0 Å². The second kappa shape index (κ2) is 2.44. The summed E-state index contributed by atoms with van der Waals surface area (Å²) in [6.45, 7) is 5.88. The Hall–Kier alpha value is -0.120. The largest absolute Gasteiger partial charge is 0.390 e. The van der Waals surface area contributed by atoms with E-state index < -0.39 is 5.79 Å². The van der Waals surface area contributed by atoms with E-state index in [2.05, 4.69) is 6.92 Å². The molecule has 1 saturated heterocycles. The SMILES string of the molecule is C[C@@H]1C[C@@H](O)[C@@H]2OC(C)(C)OC12. The van der Waals surface area contributed by atoms with E-state index in [-0.39, 0.29) is 18.3 Å². The van der Waals surface area contributed by atoms with Gasteiger partial charge in [0.05, 0.1) is 12.2 Å². The first-order chi connectivity index (χ1) is 5.49. The average Bonchev–Trinajstić information content (AvgIpc) is 2.34. The molecule has 1 saturated carbocycles. The summed E-state index contributed by atoms with van der Waals surface area (Å²) in [7, 11) is 0. The van der Waals surface area contributed by atoms with Crippen molar-refractivity contribution in [3.05, 3.63) is 0 Å². The maximum atomic E-state index is 9.60. The van der Waals surface area contributed by atoms with E-state index in [0.29, 0.717) is 5.92 Å². The zero-order valence-corrected chi connectivity index (χ0v) is 7.78. The molecule has 2 aliphatic rings. The summed E-state index contributed by atoms with van der Waals surface area (Å²) in [4.78, 5) is 0. The first-order valence-electron chi connectivity index (χ1n) is 4.53. The maximum absolute atomic E-state index is 9.60. The standard InChI is InChI=1S/C9H16O3/c1-5-4-6(10)8-7(5)11-9(2,3)12-8/h5-8,10H,4H2,1-3H3/t5-,6-,7?,8+/m1/s1. The van der Waals surface area contributed by atoms with Gasteiger partial charge in [0.25, 0.3) is 0 Å². The Morgan fingerprint density at radius 3 is 2.42 bits per heavy atom. The molecular formula is C9H16O3. The zero-order valence-electron chi connectivity index (χ0n) is 7.78. The van der Waals surface area contributed by atoms with Crippen molar-refractivity contribution in [1.29, 1.82) is 0 Å². The highest BCUT2D eigenvalue weighted by Gasteiger charge is 2.51. The minimum atomic E-state index is -0.509. The van der Waals surface area contributed by atoms with E-state index in [1.54, 1.807) is 0 Å². The van der Waals surface area contributed by atoms with Gasteiger partial charge in [0, 0.05) is 0 Å². The van der Waals surface area contributed by atoms with E-state index in [4.69, 9.17) is 9.47 Å². The van der Waals surface area contributed by atoms with Crippen molar-refractivity contribution in [2.45, 2.75) is 51.3 Å². The lowest BCUT2D eigenvalue weighted by atomic mass is 10.1. The van der Waals surface area contributed by atoms with Crippen molar-refractivity contribution < 1.29 is 14.6 Å².